The van der Waals surface area contributed by atoms with Gasteiger partial charge in [-0.15, -0.1) is 0 Å². The van der Waals surface area contributed by atoms with Crippen LogP contribution in [-0.4, -0.2) is 51.7 Å². The molecule has 1 fully saturated rings. The molecule has 2 unspecified atom stereocenters. The van der Waals surface area contributed by atoms with E-state index in [1.54, 1.807) is 6.92 Å². The molecular weight excluding hydrogens is 200 g/mol. The number of carbonyl (C=O) groups is 2. The summed E-state index contributed by atoms with van der Waals surface area (Å²) >= 11 is 0. The fourth-order valence-electron chi connectivity index (χ4n) is 1.64. The van der Waals surface area contributed by atoms with Gasteiger partial charge in [-0.3, -0.25) is 9.59 Å². The lowest BCUT2D eigenvalue weighted by atomic mass is 10.1. The van der Waals surface area contributed by atoms with E-state index in [1.165, 1.54) is 4.90 Å². The van der Waals surface area contributed by atoms with Gasteiger partial charge in [0.25, 0.3) is 0 Å². The average Bonchev–Trinajstić information content (AvgIpc) is 2.43. The summed E-state index contributed by atoms with van der Waals surface area (Å²) in [5.41, 5.74) is 4.56. The van der Waals surface area contributed by atoms with Gasteiger partial charge in [0.2, 0.25) is 5.91 Å². The summed E-state index contributed by atoms with van der Waals surface area (Å²) in [6.45, 7) is 2.29. The van der Waals surface area contributed by atoms with Crippen molar-refractivity contribution in [2.24, 2.45) is 5.73 Å². The first-order chi connectivity index (χ1) is 6.82. The first kappa shape index (κ1) is 11.9. The van der Waals surface area contributed by atoms with Gasteiger partial charge in [0.05, 0.1) is 18.1 Å². The molecule has 2 atom stereocenters. The first-order valence-electron chi connectivity index (χ1n) is 4.80. The Balaban J connectivity index is 2.51. The van der Waals surface area contributed by atoms with Gasteiger partial charge in [-0.2, -0.15) is 0 Å². The van der Waals surface area contributed by atoms with Gasteiger partial charge >= 0.3 is 5.97 Å². The van der Waals surface area contributed by atoms with Crippen LogP contribution in [0.15, 0.2) is 0 Å². The molecule has 6 heteroatoms. The molecule has 0 aromatic heterocycles. The van der Waals surface area contributed by atoms with Crippen molar-refractivity contribution in [1.82, 2.24) is 4.90 Å². The van der Waals surface area contributed by atoms with Crippen molar-refractivity contribution < 1.29 is 19.8 Å². The zero-order chi connectivity index (χ0) is 11.6. The number of carboxylic acid groups (broad SMARTS) is 1. The number of nitrogens with two attached hydrogens (primary N) is 1. The van der Waals surface area contributed by atoms with Gasteiger partial charge in [0, 0.05) is 13.1 Å². The van der Waals surface area contributed by atoms with Crippen molar-refractivity contribution in [2.75, 3.05) is 13.1 Å². The molecule has 86 valence electrons. The molecule has 15 heavy (non-hydrogen) atoms. The fraction of sp³-hybridized carbons (Fsp3) is 0.778. The molecule has 0 radical (unpaired) electrons. The number of aliphatic carboxylic acids is 1. The minimum Gasteiger partial charge on any atom is -0.481 e. The predicted molar refractivity (Wildman–Crippen MR) is 52.0 cm³/mol. The highest BCUT2D eigenvalue weighted by atomic mass is 16.4. The van der Waals surface area contributed by atoms with Crippen molar-refractivity contribution in [3.63, 3.8) is 0 Å². The van der Waals surface area contributed by atoms with Crippen molar-refractivity contribution in [3.05, 3.63) is 0 Å². The van der Waals surface area contributed by atoms with E-state index in [9.17, 15) is 14.7 Å². The van der Waals surface area contributed by atoms with E-state index < -0.39 is 23.5 Å². The average molecular weight is 216 g/mol. The topological polar surface area (TPSA) is 104 Å². The Morgan fingerprint density at radius 3 is 2.60 bits per heavy atom. The third-order valence-corrected chi connectivity index (χ3v) is 2.48. The summed E-state index contributed by atoms with van der Waals surface area (Å²) in [7, 11) is 0. The number of hydrogen-bond donors (Lipinski definition) is 3. The second-order valence-electron chi connectivity index (χ2n) is 4.21. The summed E-state index contributed by atoms with van der Waals surface area (Å²) in [4.78, 5) is 23.4. The number of β-amino-alcohol motifs (C(OH)–C–C–N with tert-alkyl or cyclic N) is 1. The van der Waals surface area contributed by atoms with Crippen molar-refractivity contribution in [3.8, 4) is 0 Å². The molecule has 1 heterocycles. The monoisotopic (exact) mass is 216 g/mol. The lowest BCUT2D eigenvalue weighted by Crippen LogP contribution is -2.45. The predicted octanol–water partition coefficient (Wildman–Crippen LogP) is -1.23. The Morgan fingerprint density at radius 2 is 2.20 bits per heavy atom. The number of nitrogens with zero attached hydrogens (tertiary/aromatic N) is 1. The van der Waals surface area contributed by atoms with Gasteiger partial charge in [0.15, 0.2) is 0 Å². The molecular formula is C9H16N2O4. The van der Waals surface area contributed by atoms with Crippen LogP contribution >= 0.6 is 0 Å². The molecule has 0 aromatic carbocycles. The maximum Gasteiger partial charge on any atom is 0.305 e. The van der Waals surface area contributed by atoms with Gasteiger partial charge in [-0.25, -0.2) is 0 Å². The van der Waals surface area contributed by atoms with E-state index in [-0.39, 0.29) is 13.0 Å². The SMILES string of the molecule is CC1(O)CCN(C(=O)C(N)CC(=O)O)C1. The number of likely N-dealkylation sites (tertiary alicyclic amines) is 1. The van der Waals surface area contributed by atoms with Crippen LogP contribution in [0.1, 0.15) is 19.8 Å². The summed E-state index contributed by atoms with van der Waals surface area (Å²) in [6, 6.07) is -1.02. The lowest BCUT2D eigenvalue weighted by molar-refractivity contribution is -0.141. The Bertz CT molecular complexity index is 277. The number of rotatable bonds is 3. The van der Waals surface area contributed by atoms with E-state index in [1.807, 2.05) is 0 Å². The standard InChI is InChI=1S/C9H16N2O4/c1-9(15)2-3-11(5-9)8(14)6(10)4-7(12)13/h6,15H,2-5,10H2,1H3,(H,12,13). The van der Waals surface area contributed by atoms with E-state index >= 15 is 0 Å². The van der Waals surface area contributed by atoms with Crippen LogP contribution in [0.3, 0.4) is 0 Å². The number of aliphatic hydroxyl groups is 1. The maximum atomic E-state index is 11.6. The first-order valence-corrected chi connectivity index (χ1v) is 4.80. The van der Waals surface area contributed by atoms with Crippen LogP contribution in [-0.2, 0) is 9.59 Å². The largest absolute Gasteiger partial charge is 0.481 e. The Hall–Kier alpha value is -1.14. The van der Waals surface area contributed by atoms with Crippen molar-refractivity contribution >= 4 is 11.9 Å². The third-order valence-electron chi connectivity index (χ3n) is 2.48. The van der Waals surface area contributed by atoms with Gasteiger partial charge in [0.1, 0.15) is 0 Å². The molecule has 0 bridgehead atoms. The molecule has 0 aliphatic carbocycles. The Kier molecular flexibility index (Phi) is 3.31. The summed E-state index contributed by atoms with van der Waals surface area (Å²) in [5.74, 6) is -1.50. The molecule has 1 saturated heterocycles. The summed E-state index contributed by atoms with van der Waals surface area (Å²) in [6.07, 6.45) is 0.121. The third kappa shape index (κ3) is 3.17. The highest BCUT2D eigenvalue weighted by molar-refractivity contribution is 5.86. The normalized spacial score (nSPS) is 27.8. The zero-order valence-corrected chi connectivity index (χ0v) is 8.64. The van der Waals surface area contributed by atoms with Gasteiger partial charge < -0.3 is 20.8 Å². The second-order valence-corrected chi connectivity index (χ2v) is 4.21. The Labute approximate surface area is 87.7 Å². The molecule has 6 nitrogen and oxygen atoms in total. The van der Waals surface area contributed by atoms with E-state index in [4.69, 9.17) is 10.8 Å². The molecule has 1 aliphatic heterocycles. The number of hydrogen-bond acceptors (Lipinski definition) is 4. The lowest BCUT2D eigenvalue weighted by Gasteiger charge is -2.21. The van der Waals surface area contributed by atoms with Gasteiger partial charge in [-0.1, -0.05) is 0 Å². The van der Waals surface area contributed by atoms with E-state index in [2.05, 4.69) is 0 Å². The highest BCUT2D eigenvalue weighted by Crippen LogP contribution is 2.20. The fourth-order valence-corrected chi connectivity index (χ4v) is 1.64. The molecule has 1 aliphatic rings. The smallest absolute Gasteiger partial charge is 0.305 e. The number of carboxylic acids is 1. The number of carbonyl (C=O) groups excluding carboxylic acids is 1. The maximum absolute atomic E-state index is 11.6. The summed E-state index contributed by atoms with van der Waals surface area (Å²) < 4.78 is 0. The molecule has 0 saturated carbocycles. The molecule has 1 rings (SSSR count). The van der Waals surface area contributed by atoms with Crippen LogP contribution < -0.4 is 5.73 Å². The van der Waals surface area contributed by atoms with E-state index in [0.717, 1.165) is 0 Å². The Morgan fingerprint density at radius 1 is 1.60 bits per heavy atom. The van der Waals surface area contributed by atoms with Gasteiger partial charge in [-0.05, 0) is 13.3 Å². The van der Waals surface area contributed by atoms with Crippen LogP contribution in [0.25, 0.3) is 0 Å². The molecule has 1 amide bonds. The second kappa shape index (κ2) is 4.16. The van der Waals surface area contributed by atoms with Crippen molar-refractivity contribution in [1.29, 1.82) is 0 Å². The number of amides is 1. The molecule has 0 aromatic rings. The van der Waals surface area contributed by atoms with Crippen LogP contribution in [0.4, 0.5) is 0 Å². The summed E-state index contributed by atoms with van der Waals surface area (Å²) in [5, 5.41) is 18.1. The zero-order valence-electron chi connectivity index (χ0n) is 8.64. The highest BCUT2D eigenvalue weighted by Gasteiger charge is 2.35. The minimum atomic E-state index is -1.10. The minimum absolute atomic E-state index is 0.221. The van der Waals surface area contributed by atoms with E-state index in [0.29, 0.717) is 13.0 Å². The van der Waals surface area contributed by atoms with Crippen molar-refractivity contribution in [2.45, 2.75) is 31.4 Å². The molecule has 4 N–H and O–H groups in total. The quantitative estimate of drug-likeness (QED) is 0.548. The van der Waals surface area contributed by atoms with Crippen LogP contribution in [0, 0.1) is 0 Å². The molecule has 0 spiro atoms. The van der Waals surface area contributed by atoms with Crippen LogP contribution in [0.2, 0.25) is 0 Å². The van der Waals surface area contributed by atoms with Crippen LogP contribution in [0.5, 0.6) is 0 Å².